The maximum absolute atomic E-state index is 5.51. The van der Waals surface area contributed by atoms with Crippen LogP contribution in [0.4, 0.5) is 0 Å². The molecule has 2 heteroatoms. The van der Waals surface area contributed by atoms with Crippen LogP contribution in [0, 0.1) is 0 Å². The molecule has 0 fully saturated rings. The fourth-order valence-electron chi connectivity index (χ4n) is 3.03. The molecule has 0 spiro atoms. The summed E-state index contributed by atoms with van der Waals surface area (Å²) in [6, 6.07) is 16.0. The maximum Gasteiger partial charge on any atom is 0.0725 e. The molecule has 3 rings (SSSR count). The van der Waals surface area contributed by atoms with Crippen LogP contribution in [0.3, 0.4) is 0 Å². The second-order valence-electron chi connectivity index (χ2n) is 5.62. The number of ether oxygens (including phenoxy) is 1. The third kappa shape index (κ3) is 3.02. The van der Waals surface area contributed by atoms with E-state index in [4.69, 9.17) is 4.74 Å². The molecule has 1 heterocycles. The average molecular weight is 281 g/mol. The molecular weight excluding hydrogens is 258 g/mol. The van der Waals surface area contributed by atoms with Gasteiger partial charge in [-0.2, -0.15) is 0 Å². The van der Waals surface area contributed by atoms with Crippen LogP contribution in [0.15, 0.2) is 42.5 Å². The van der Waals surface area contributed by atoms with Gasteiger partial charge >= 0.3 is 0 Å². The summed E-state index contributed by atoms with van der Waals surface area (Å²) in [6.45, 7) is 6.89. The smallest absolute Gasteiger partial charge is 0.0725 e. The van der Waals surface area contributed by atoms with E-state index in [-0.39, 0.29) is 0 Å². The van der Waals surface area contributed by atoms with Crippen molar-refractivity contribution < 1.29 is 4.74 Å². The van der Waals surface area contributed by atoms with Gasteiger partial charge in [-0.25, -0.2) is 0 Å². The van der Waals surface area contributed by atoms with E-state index >= 15 is 0 Å². The van der Waals surface area contributed by atoms with Gasteiger partial charge < -0.3 is 10.1 Å². The Morgan fingerprint density at radius 3 is 2.62 bits per heavy atom. The van der Waals surface area contributed by atoms with Crippen molar-refractivity contribution in [1.29, 1.82) is 0 Å². The molecule has 0 bridgehead atoms. The van der Waals surface area contributed by atoms with Crippen molar-refractivity contribution in [2.75, 3.05) is 6.54 Å². The Bertz CT molecular complexity index is 621. The van der Waals surface area contributed by atoms with Crippen molar-refractivity contribution in [2.24, 2.45) is 0 Å². The largest absolute Gasteiger partial charge is 0.372 e. The first-order chi connectivity index (χ1) is 10.3. The molecule has 1 aliphatic heterocycles. The average Bonchev–Trinajstić information content (AvgIpc) is 3.00. The molecule has 0 aliphatic carbocycles. The minimum Gasteiger partial charge on any atom is -0.372 e. The van der Waals surface area contributed by atoms with E-state index in [2.05, 4.69) is 61.6 Å². The Balaban J connectivity index is 1.92. The Labute approximate surface area is 127 Å². The topological polar surface area (TPSA) is 21.3 Å². The number of nitrogens with one attached hydrogen (secondary N) is 1. The van der Waals surface area contributed by atoms with E-state index in [1.807, 2.05) is 0 Å². The Hall–Kier alpha value is -1.64. The molecular formula is C19H23NO. The Morgan fingerprint density at radius 1 is 1.00 bits per heavy atom. The molecule has 1 aliphatic rings. The second-order valence-corrected chi connectivity index (χ2v) is 5.62. The van der Waals surface area contributed by atoms with Crippen LogP contribution in [-0.2, 0) is 18.0 Å². The van der Waals surface area contributed by atoms with Crippen molar-refractivity contribution in [1.82, 2.24) is 5.32 Å². The van der Waals surface area contributed by atoms with E-state index in [0.29, 0.717) is 6.04 Å². The molecule has 2 nitrogen and oxygen atoms in total. The SMILES string of the molecule is CCNC(CC)c1cccc(-c2ccc3c(c2)COC3)c1. The lowest BCUT2D eigenvalue weighted by molar-refractivity contribution is 0.134. The standard InChI is InChI=1S/C19H23NO/c1-3-19(20-4-2)16-7-5-6-14(10-16)15-8-9-17-12-21-13-18(17)11-15/h5-11,19-20H,3-4,12-13H2,1-2H3. The highest BCUT2D eigenvalue weighted by molar-refractivity contribution is 5.66. The predicted octanol–water partition coefficient (Wildman–Crippen LogP) is 4.44. The number of rotatable bonds is 5. The van der Waals surface area contributed by atoms with Gasteiger partial charge in [0.2, 0.25) is 0 Å². The Morgan fingerprint density at radius 2 is 1.81 bits per heavy atom. The van der Waals surface area contributed by atoms with Crippen molar-refractivity contribution in [3.63, 3.8) is 0 Å². The summed E-state index contributed by atoms with van der Waals surface area (Å²) < 4.78 is 5.51. The maximum atomic E-state index is 5.51. The zero-order valence-corrected chi connectivity index (χ0v) is 12.9. The van der Waals surface area contributed by atoms with E-state index in [9.17, 15) is 0 Å². The van der Waals surface area contributed by atoms with Crippen molar-refractivity contribution in [2.45, 2.75) is 39.5 Å². The van der Waals surface area contributed by atoms with E-state index in [1.54, 1.807) is 0 Å². The highest BCUT2D eigenvalue weighted by atomic mass is 16.5. The lowest BCUT2D eigenvalue weighted by Crippen LogP contribution is -2.19. The number of benzene rings is 2. The summed E-state index contributed by atoms with van der Waals surface area (Å²) in [5.41, 5.74) is 6.60. The molecule has 0 radical (unpaired) electrons. The van der Waals surface area contributed by atoms with Crippen LogP contribution in [0.2, 0.25) is 0 Å². The van der Waals surface area contributed by atoms with E-state index in [1.165, 1.54) is 27.8 Å². The van der Waals surface area contributed by atoms with Crippen LogP contribution < -0.4 is 5.32 Å². The third-order valence-corrected chi connectivity index (χ3v) is 4.20. The monoisotopic (exact) mass is 281 g/mol. The van der Waals surface area contributed by atoms with Gasteiger partial charge in [0.15, 0.2) is 0 Å². The van der Waals surface area contributed by atoms with Gasteiger partial charge in [-0.3, -0.25) is 0 Å². The quantitative estimate of drug-likeness (QED) is 0.874. The van der Waals surface area contributed by atoms with Crippen molar-refractivity contribution >= 4 is 0 Å². The van der Waals surface area contributed by atoms with Gasteiger partial charge in [-0.05, 0) is 52.9 Å². The molecule has 1 unspecified atom stereocenters. The summed E-state index contributed by atoms with van der Waals surface area (Å²) in [5, 5.41) is 3.55. The molecule has 21 heavy (non-hydrogen) atoms. The first kappa shape index (κ1) is 14.3. The predicted molar refractivity (Wildman–Crippen MR) is 87.1 cm³/mol. The normalized spacial score (nSPS) is 15.0. The number of fused-ring (bicyclic) bond motifs is 1. The van der Waals surface area contributed by atoms with Crippen LogP contribution in [0.25, 0.3) is 11.1 Å². The number of hydrogen-bond donors (Lipinski definition) is 1. The first-order valence-corrected chi connectivity index (χ1v) is 7.85. The summed E-state index contributed by atoms with van der Waals surface area (Å²) in [4.78, 5) is 0. The van der Waals surface area contributed by atoms with E-state index in [0.717, 1.165) is 26.2 Å². The molecule has 0 saturated heterocycles. The summed E-state index contributed by atoms with van der Waals surface area (Å²) in [5.74, 6) is 0. The first-order valence-electron chi connectivity index (χ1n) is 7.85. The molecule has 0 amide bonds. The van der Waals surface area contributed by atoms with Crippen molar-refractivity contribution in [3.05, 3.63) is 59.2 Å². The fourth-order valence-corrected chi connectivity index (χ4v) is 3.03. The summed E-state index contributed by atoms with van der Waals surface area (Å²) in [6.07, 6.45) is 1.11. The van der Waals surface area contributed by atoms with Gasteiger partial charge in [-0.1, -0.05) is 44.2 Å². The zero-order chi connectivity index (χ0) is 14.7. The minimum atomic E-state index is 0.438. The molecule has 1 N–H and O–H groups in total. The lowest BCUT2D eigenvalue weighted by atomic mass is 9.96. The molecule has 2 aromatic carbocycles. The molecule has 1 atom stereocenters. The Kier molecular flexibility index (Phi) is 4.37. The van der Waals surface area contributed by atoms with Gasteiger partial charge in [-0.15, -0.1) is 0 Å². The summed E-state index contributed by atoms with van der Waals surface area (Å²) in [7, 11) is 0. The van der Waals surface area contributed by atoms with Gasteiger partial charge in [0.05, 0.1) is 13.2 Å². The molecule has 0 saturated carbocycles. The summed E-state index contributed by atoms with van der Waals surface area (Å²) >= 11 is 0. The zero-order valence-electron chi connectivity index (χ0n) is 12.9. The van der Waals surface area contributed by atoms with Crippen LogP contribution >= 0.6 is 0 Å². The van der Waals surface area contributed by atoms with E-state index < -0.39 is 0 Å². The minimum absolute atomic E-state index is 0.438. The van der Waals surface area contributed by atoms with Gasteiger partial charge in [0.1, 0.15) is 0 Å². The second kappa shape index (κ2) is 6.42. The van der Waals surface area contributed by atoms with Crippen LogP contribution in [-0.4, -0.2) is 6.54 Å². The van der Waals surface area contributed by atoms with Crippen LogP contribution in [0.1, 0.15) is 43.0 Å². The molecule has 110 valence electrons. The molecule has 2 aromatic rings. The fraction of sp³-hybridized carbons (Fsp3) is 0.368. The van der Waals surface area contributed by atoms with Crippen LogP contribution in [0.5, 0.6) is 0 Å². The van der Waals surface area contributed by atoms with Gasteiger partial charge in [0, 0.05) is 6.04 Å². The lowest BCUT2D eigenvalue weighted by Gasteiger charge is -2.17. The highest BCUT2D eigenvalue weighted by Gasteiger charge is 2.13. The third-order valence-electron chi connectivity index (χ3n) is 4.20. The molecule has 0 aromatic heterocycles. The number of hydrogen-bond acceptors (Lipinski definition) is 2. The van der Waals surface area contributed by atoms with Gasteiger partial charge in [0.25, 0.3) is 0 Å². The van der Waals surface area contributed by atoms with Crippen molar-refractivity contribution in [3.8, 4) is 11.1 Å². The highest BCUT2D eigenvalue weighted by Crippen LogP contribution is 2.29.